The lowest BCUT2D eigenvalue weighted by Crippen LogP contribution is -2.38. The van der Waals surface area contributed by atoms with E-state index >= 15 is 0 Å². The quantitative estimate of drug-likeness (QED) is 0.606. The summed E-state index contributed by atoms with van der Waals surface area (Å²) in [5, 5.41) is 0. The Bertz CT molecular complexity index is 905. The summed E-state index contributed by atoms with van der Waals surface area (Å²) >= 11 is 0. The molecule has 2 aliphatic heterocycles. The zero-order valence-corrected chi connectivity index (χ0v) is 17.5. The summed E-state index contributed by atoms with van der Waals surface area (Å²) < 4.78 is 35.2. The van der Waals surface area contributed by atoms with Crippen molar-refractivity contribution >= 4 is 17.6 Å². The fourth-order valence-corrected chi connectivity index (χ4v) is 3.26. The predicted octanol–water partition coefficient (Wildman–Crippen LogP) is 2.03. The van der Waals surface area contributed by atoms with Gasteiger partial charge in [-0.15, -0.1) is 0 Å². The van der Waals surface area contributed by atoms with Crippen LogP contribution in [-0.4, -0.2) is 70.5 Å². The summed E-state index contributed by atoms with van der Waals surface area (Å²) in [6.07, 6.45) is 6.16. The fraction of sp³-hybridized carbons (Fsp3) is 0.364. The number of methoxy groups -OCH3 is 2. The van der Waals surface area contributed by atoms with Crippen LogP contribution >= 0.6 is 0 Å². The van der Waals surface area contributed by atoms with Crippen LogP contribution in [0.4, 0.5) is 10.1 Å². The second kappa shape index (κ2) is 10.7. The zero-order valence-electron chi connectivity index (χ0n) is 17.5. The minimum Gasteiger partial charge on any atom is -0.490 e. The number of hydrogen-bond acceptors (Lipinski definition) is 8. The Hall–Kier alpha value is -3.17. The number of benzene rings is 1. The third kappa shape index (κ3) is 5.50. The largest absolute Gasteiger partial charge is 0.490 e. The van der Waals surface area contributed by atoms with E-state index in [4.69, 9.17) is 18.9 Å². The summed E-state index contributed by atoms with van der Waals surface area (Å²) in [6.45, 7) is 4.02. The third-order valence-corrected chi connectivity index (χ3v) is 4.84. The fourth-order valence-electron chi connectivity index (χ4n) is 3.26. The van der Waals surface area contributed by atoms with Crippen molar-refractivity contribution in [3.8, 4) is 5.75 Å². The molecule has 0 bridgehead atoms. The minimum absolute atomic E-state index is 0.0251. The molecule has 2 aliphatic rings. The minimum atomic E-state index is -0.778. The summed E-state index contributed by atoms with van der Waals surface area (Å²) in [6, 6.07) is 4.00. The lowest BCUT2D eigenvalue weighted by molar-refractivity contribution is -0.139. The molecule has 2 heterocycles. The first-order valence-electron chi connectivity index (χ1n) is 9.82. The van der Waals surface area contributed by atoms with Gasteiger partial charge < -0.3 is 23.8 Å². The number of anilines is 1. The summed E-state index contributed by atoms with van der Waals surface area (Å²) in [7, 11) is 2.41. The van der Waals surface area contributed by atoms with Crippen molar-refractivity contribution in [3.63, 3.8) is 0 Å². The van der Waals surface area contributed by atoms with Crippen LogP contribution in [0.5, 0.6) is 5.75 Å². The van der Waals surface area contributed by atoms with E-state index in [0.717, 1.165) is 13.1 Å². The maximum atomic E-state index is 14.2. The average molecular weight is 432 g/mol. The molecule has 166 valence electrons. The molecule has 0 amide bonds. The van der Waals surface area contributed by atoms with Gasteiger partial charge in [0.15, 0.2) is 0 Å². The number of ether oxygens (including phenoxy) is 4. The number of carbonyl (C=O) groups is 2. The number of rotatable bonds is 7. The normalized spacial score (nSPS) is 16.8. The Balaban J connectivity index is 1.93. The number of allylic oxidation sites excluding steroid dienone is 2. The Kier molecular flexibility index (Phi) is 7.80. The van der Waals surface area contributed by atoms with E-state index in [0.29, 0.717) is 32.1 Å². The van der Waals surface area contributed by atoms with Gasteiger partial charge in [0, 0.05) is 31.9 Å². The van der Waals surface area contributed by atoms with E-state index in [9.17, 15) is 14.0 Å². The molecule has 0 atom stereocenters. The monoisotopic (exact) mass is 432 g/mol. The topological polar surface area (TPSA) is 77.5 Å². The van der Waals surface area contributed by atoms with E-state index in [1.165, 1.54) is 49.6 Å². The number of esters is 2. The summed E-state index contributed by atoms with van der Waals surface area (Å²) in [5.41, 5.74) is 0.120. The van der Waals surface area contributed by atoms with Crippen molar-refractivity contribution in [2.75, 3.05) is 58.6 Å². The smallest absolute Gasteiger partial charge is 0.355 e. The second-order valence-electron chi connectivity index (χ2n) is 6.73. The standard InChI is InChI=1S/C22H25FN2O6/c1-28-21(26)17-5-3-4-8-25(20(17)22(27)29-2)18-15-16(23)6-7-19(18)31-14-11-24-9-12-30-13-10-24/h3-8,15H,9-14H2,1-2H3. The Morgan fingerprint density at radius 2 is 1.84 bits per heavy atom. The van der Waals surface area contributed by atoms with Gasteiger partial charge in [-0.25, -0.2) is 14.0 Å². The van der Waals surface area contributed by atoms with Crippen LogP contribution < -0.4 is 9.64 Å². The molecule has 1 saturated heterocycles. The van der Waals surface area contributed by atoms with Crippen LogP contribution in [0.2, 0.25) is 0 Å². The van der Waals surface area contributed by atoms with Gasteiger partial charge >= 0.3 is 11.9 Å². The van der Waals surface area contributed by atoms with E-state index in [1.54, 1.807) is 12.2 Å². The maximum Gasteiger partial charge on any atom is 0.355 e. The lowest BCUT2D eigenvalue weighted by atomic mass is 10.1. The highest BCUT2D eigenvalue weighted by molar-refractivity contribution is 6.05. The molecule has 1 aromatic rings. The highest BCUT2D eigenvalue weighted by Crippen LogP contribution is 2.34. The second-order valence-corrected chi connectivity index (χ2v) is 6.73. The first-order chi connectivity index (χ1) is 15.0. The van der Waals surface area contributed by atoms with Crippen LogP contribution in [-0.2, 0) is 23.8 Å². The van der Waals surface area contributed by atoms with Crippen LogP contribution in [0.15, 0.2) is 53.9 Å². The molecular formula is C22H25FN2O6. The molecule has 8 nitrogen and oxygen atoms in total. The summed E-state index contributed by atoms with van der Waals surface area (Å²) in [5.74, 6) is -1.67. The molecule has 1 fully saturated rings. The van der Waals surface area contributed by atoms with Crippen molar-refractivity contribution < 1.29 is 32.9 Å². The molecule has 0 unspecified atom stereocenters. The van der Waals surface area contributed by atoms with Gasteiger partial charge in [0.2, 0.25) is 0 Å². The molecule has 0 aliphatic carbocycles. The number of hydrogen-bond donors (Lipinski definition) is 0. The molecule has 3 rings (SSSR count). The van der Waals surface area contributed by atoms with Crippen LogP contribution in [0.1, 0.15) is 0 Å². The molecule has 1 aromatic carbocycles. The first kappa shape index (κ1) is 22.5. The van der Waals surface area contributed by atoms with Crippen molar-refractivity contribution in [1.82, 2.24) is 4.90 Å². The average Bonchev–Trinajstić information content (AvgIpc) is 3.02. The Labute approximate surface area is 180 Å². The van der Waals surface area contributed by atoms with Crippen LogP contribution in [0.3, 0.4) is 0 Å². The van der Waals surface area contributed by atoms with Crippen molar-refractivity contribution in [2.24, 2.45) is 0 Å². The zero-order chi connectivity index (χ0) is 22.2. The SMILES string of the molecule is COC(=O)C1=C(C(=O)OC)N(c2cc(F)ccc2OCCN2CCOCC2)C=CC=C1. The van der Waals surface area contributed by atoms with Crippen molar-refractivity contribution in [2.45, 2.75) is 0 Å². The molecule has 0 spiro atoms. The highest BCUT2D eigenvalue weighted by Gasteiger charge is 2.29. The summed E-state index contributed by atoms with van der Waals surface area (Å²) in [4.78, 5) is 28.5. The Morgan fingerprint density at radius 1 is 1.10 bits per heavy atom. The van der Waals surface area contributed by atoms with E-state index < -0.39 is 17.8 Å². The van der Waals surface area contributed by atoms with E-state index in [1.807, 2.05) is 0 Å². The number of halogens is 1. The predicted molar refractivity (Wildman–Crippen MR) is 111 cm³/mol. The maximum absolute atomic E-state index is 14.2. The van der Waals surface area contributed by atoms with Gasteiger partial charge in [-0.05, 0) is 24.3 Å². The van der Waals surface area contributed by atoms with E-state index in [-0.39, 0.29) is 17.0 Å². The van der Waals surface area contributed by atoms with E-state index in [2.05, 4.69) is 4.90 Å². The van der Waals surface area contributed by atoms with Crippen molar-refractivity contribution in [1.29, 1.82) is 0 Å². The van der Waals surface area contributed by atoms with Gasteiger partial charge in [-0.1, -0.05) is 6.08 Å². The van der Waals surface area contributed by atoms with Crippen LogP contribution in [0, 0.1) is 5.82 Å². The number of carbonyl (C=O) groups excluding carboxylic acids is 2. The molecule has 31 heavy (non-hydrogen) atoms. The molecule has 0 N–H and O–H groups in total. The molecule has 9 heteroatoms. The lowest BCUT2D eigenvalue weighted by Gasteiger charge is -2.28. The van der Waals surface area contributed by atoms with Gasteiger partial charge in [0.25, 0.3) is 0 Å². The third-order valence-electron chi connectivity index (χ3n) is 4.84. The van der Waals surface area contributed by atoms with Crippen molar-refractivity contribution in [3.05, 3.63) is 59.7 Å². The highest BCUT2D eigenvalue weighted by atomic mass is 19.1. The molecule has 0 radical (unpaired) electrons. The Morgan fingerprint density at radius 3 is 2.55 bits per heavy atom. The van der Waals surface area contributed by atoms with Gasteiger partial charge in [0.05, 0.1) is 38.7 Å². The first-order valence-corrected chi connectivity index (χ1v) is 9.82. The van der Waals surface area contributed by atoms with Gasteiger partial charge in [-0.3, -0.25) is 4.90 Å². The molecule has 0 saturated carbocycles. The molecular weight excluding hydrogens is 407 g/mol. The number of nitrogens with zero attached hydrogens (tertiary/aromatic N) is 2. The van der Waals surface area contributed by atoms with Gasteiger partial charge in [-0.2, -0.15) is 0 Å². The van der Waals surface area contributed by atoms with Crippen LogP contribution in [0.25, 0.3) is 0 Å². The van der Waals surface area contributed by atoms with Gasteiger partial charge in [0.1, 0.15) is 23.9 Å². The molecule has 0 aromatic heterocycles. The number of morpholine rings is 1.